The van der Waals surface area contributed by atoms with E-state index in [1.54, 1.807) is 75.5 Å². The van der Waals surface area contributed by atoms with Crippen molar-refractivity contribution in [3.63, 3.8) is 0 Å². The standard InChI is InChI=1S/C14H20O4S4/c1-15-5-9-10(6-16-2)20-13(19-9)14-21-11(7-17-3)12(22-14)8-18-4/h5-8H2,1-4H3. The molecular weight excluding hydrogens is 360 g/mol. The van der Waals surface area contributed by atoms with E-state index in [4.69, 9.17) is 18.9 Å². The second-order valence-electron chi connectivity index (χ2n) is 4.41. The number of hydrogen-bond acceptors (Lipinski definition) is 8. The Morgan fingerprint density at radius 2 is 0.727 bits per heavy atom. The molecule has 0 bridgehead atoms. The molecule has 0 aromatic heterocycles. The summed E-state index contributed by atoms with van der Waals surface area (Å²) in [7, 11) is 6.90. The van der Waals surface area contributed by atoms with Crippen LogP contribution >= 0.6 is 47.0 Å². The average molecular weight is 381 g/mol. The monoisotopic (exact) mass is 380 g/mol. The summed E-state index contributed by atoms with van der Waals surface area (Å²) in [5.74, 6) is 0. The normalized spacial score (nSPS) is 19.1. The Balaban J connectivity index is 2.11. The van der Waals surface area contributed by atoms with E-state index < -0.39 is 0 Å². The Labute approximate surface area is 148 Å². The lowest BCUT2D eigenvalue weighted by Crippen LogP contribution is -1.95. The highest BCUT2D eigenvalue weighted by molar-refractivity contribution is 8.34. The highest BCUT2D eigenvalue weighted by Crippen LogP contribution is 2.59. The highest BCUT2D eigenvalue weighted by atomic mass is 32.2. The molecule has 124 valence electrons. The van der Waals surface area contributed by atoms with Crippen molar-refractivity contribution in [2.45, 2.75) is 0 Å². The van der Waals surface area contributed by atoms with E-state index in [-0.39, 0.29) is 0 Å². The second-order valence-corrected chi connectivity index (χ2v) is 9.35. The van der Waals surface area contributed by atoms with Gasteiger partial charge in [-0.15, -0.1) is 0 Å². The molecule has 4 nitrogen and oxygen atoms in total. The first kappa shape index (κ1) is 18.8. The topological polar surface area (TPSA) is 36.9 Å². The van der Waals surface area contributed by atoms with E-state index in [1.807, 2.05) is 0 Å². The van der Waals surface area contributed by atoms with Gasteiger partial charge < -0.3 is 18.9 Å². The number of ether oxygens (including phenoxy) is 4. The Morgan fingerprint density at radius 1 is 0.500 bits per heavy atom. The molecule has 2 aliphatic rings. The number of hydrogen-bond donors (Lipinski definition) is 0. The lowest BCUT2D eigenvalue weighted by atomic mass is 10.5. The maximum atomic E-state index is 5.30. The molecule has 0 atom stereocenters. The van der Waals surface area contributed by atoms with E-state index in [9.17, 15) is 0 Å². The van der Waals surface area contributed by atoms with Crippen molar-refractivity contribution >= 4 is 47.0 Å². The lowest BCUT2D eigenvalue weighted by Gasteiger charge is -2.03. The first-order valence-corrected chi connectivity index (χ1v) is 9.85. The molecule has 0 amide bonds. The van der Waals surface area contributed by atoms with Gasteiger partial charge in [-0.3, -0.25) is 0 Å². The Morgan fingerprint density at radius 3 is 0.909 bits per heavy atom. The van der Waals surface area contributed by atoms with Crippen molar-refractivity contribution in [2.24, 2.45) is 0 Å². The lowest BCUT2D eigenvalue weighted by molar-refractivity contribution is 0.220. The quantitative estimate of drug-likeness (QED) is 0.623. The molecule has 0 aliphatic carbocycles. The van der Waals surface area contributed by atoms with Crippen molar-refractivity contribution < 1.29 is 18.9 Å². The van der Waals surface area contributed by atoms with E-state index in [0.717, 1.165) is 0 Å². The molecule has 0 aromatic rings. The van der Waals surface area contributed by atoms with Gasteiger partial charge in [0.25, 0.3) is 0 Å². The molecule has 0 saturated heterocycles. The zero-order valence-electron chi connectivity index (χ0n) is 13.1. The third-order valence-corrected chi connectivity index (χ3v) is 8.53. The predicted molar refractivity (Wildman–Crippen MR) is 98.9 cm³/mol. The van der Waals surface area contributed by atoms with Gasteiger partial charge in [0.15, 0.2) is 0 Å². The van der Waals surface area contributed by atoms with Gasteiger partial charge in [-0.2, -0.15) is 0 Å². The van der Waals surface area contributed by atoms with Crippen LogP contribution in [0.25, 0.3) is 0 Å². The zero-order chi connectivity index (χ0) is 15.9. The molecule has 22 heavy (non-hydrogen) atoms. The zero-order valence-corrected chi connectivity index (χ0v) is 16.4. The molecule has 2 heterocycles. The summed E-state index contributed by atoms with van der Waals surface area (Å²) in [5.41, 5.74) is 0. The molecule has 0 N–H and O–H groups in total. The maximum absolute atomic E-state index is 5.30. The predicted octanol–water partition coefficient (Wildman–Crippen LogP) is 4.08. The minimum atomic E-state index is 0.631. The van der Waals surface area contributed by atoms with Crippen LogP contribution in [0.1, 0.15) is 0 Å². The van der Waals surface area contributed by atoms with Gasteiger partial charge in [-0.1, -0.05) is 47.0 Å². The summed E-state index contributed by atoms with van der Waals surface area (Å²) in [6, 6.07) is 0. The molecule has 0 fully saturated rings. The van der Waals surface area contributed by atoms with Crippen LogP contribution in [0.2, 0.25) is 0 Å². The Kier molecular flexibility index (Phi) is 8.27. The Hall–Kier alpha value is 0.460. The van der Waals surface area contributed by atoms with Crippen LogP contribution < -0.4 is 0 Å². The molecule has 2 aliphatic heterocycles. The third kappa shape index (κ3) is 4.73. The molecular formula is C14H20O4S4. The summed E-state index contributed by atoms with van der Waals surface area (Å²) in [5, 5.41) is 0. The largest absolute Gasteiger partial charge is 0.379 e. The van der Waals surface area contributed by atoms with Gasteiger partial charge >= 0.3 is 0 Å². The maximum Gasteiger partial charge on any atom is 0.0784 e. The SMILES string of the molecule is COCC1=C(COC)SC(=C2SC(COC)=C(COC)S2)S1. The van der Waals surface area contributed by atoms with Gasteiger partial charge in [0.05, 0.1) is 34.9 Å². The van der Waals surface area contributed by atoms with Crippen LogP contribution in [0.3, 0.4) is 0 Å². The number of methoxy groups -OCH3 is 4. The molecule has 0 spiro atoms. The molecule has 0 saturated carbocycles. The molecule has 0 unspecified atom stereocenters. The van der Waals surface area contributed by atoms with E-state index >= 15 is 0 Å². The average Bonchev–Trinajstić information content (AvgIpc) is 3.06. The minimum absolute atomic E-state index is 0.631. The fourth-order valence-electron chi connectivity index (χ4n) is 1.85. The molecule has 0 aromatic carbocycles. The van der Waals surface area contributed by atoms with E-state index in [1.165, 1.54) is 28.1 Å². The van der Waals surface area contributed by atoms with Crippen LogP contribution in [0.4, 0.5) is 0 Å². The van der Waals surface area contributed by atoms with Gasteiger partial charge in [-0.05, 0) is 0 Å². The van der Waals surface area contributed by atoms with Crippen molar-refractivity contribution in [3.05, 3.63) is 28.1 Å². The molecule has 2 rings (SSSR count). The van der Waals surface area contributed by atoms with Crippen LogP contribution in [0.15, 0.2) is 28.1 Å². The fourth-order valence-corrected chi connectivity index (χ4v) is 7.51. The number of thioether (sulfide) groups is 4. The summed E-state index contributed by atoms with van der Waals surface area (Å²) >= 11 is 7.15. The first-order valence-electron chi connectivity index (χ1n) is 6.58. The summed E-state index contributed by atoms with van der Waals surface area (Å²) in [6.45, 7) is 2.52. The van der Waals surface area contributed by atoms with Gasteiger partial charge in [0.2, 0.25) is 0 Å². The summed E-state index contributed by atoms with van der Waals surface area (Å²) in [4.78, 5) is 4.97. The highest BCUT2D eigenvalue weighted by Gasteiger charge is 2.29. The summed E-state index contributed by atoms with van der Waals surface area (Å²) < 4.78 is 23.8. The molecule has 8 heteroatoms. The molecule has 0 radical (unpaired) electrons. The van der Waals surface area contributed by atoms with Crippen LogP contribution in [-0.2, 0) is 18.9 Å². The van der Waals surface area contributed by atoms with Gasteiger partial charge in [0.1, 0.15) is 0 Å². The van der Waals surface area contributed by atoms with Crippen LogP contribution in [0, 0.1) is 0 Å². The van der Waals surface area contributed by atoms with E-state index in [2.05, 4.69) is 0 Å². The van der Waals surface area contributed by atoms with Crippen LogP contribution in [-0.4, -0.2) is 54.9 Å². The smallest absolute Gasteiger partial charge is 0.0784 e. The second kappa shape index (κ2) is 9.68. The van der Waals surface area contributed by atoms with Gasteiger partial charge in [-0.25, -0.2) is 0 Å². The Bertz CT molecular complexity index is 415. The third-order valence-electron chi connectivity index (χ3n) is 2.75. The first-order chi connectivity index (χ1) is 10.7. The van der Waals surface area contributed by atoms with Crippen molar-refractivity contribution in [1.29, 1.82) is 0 Å². The summed E-state index contributed by atoms with van der Waals surface area (Å²) in [6.07, 6.45) is 0. The van der Waals surface area contributed by atoms with Crippen molar-refractivity contribution in [2.75, 3.05) is 54.9 Å². The minimum Gasteiger partial charge on any atom is -0.379 e. The van der Waals surface area contributed by atoms with Gasteiger partial charge in [0, 0.05) is 48.1 Å². The fraction of sp³-hybridized carbons (Fsp3) is 0.571. The van der Waals surface area contributed by atoms with Crippen LogP contribution in [0.5, 0.6) is 0 Å². The van der Waals surface area contributed by atoms with E-state index in [0.29, 0.717) is 26.4 Å². The number of rotatable bonds is 8. The van der Waals surface area contributed by atoms with Crippen molar-refractivity contribution in [1.82, 2.24) is 0 Å². The van der Waals surface area contributed by atoms with Crippen molar-refractivity contribution in [3.8, 4) is 0 Å².